The molecule has 106 valence electrons. The van der Waals surface area contributed by atoms with Gasteiger partial charge in [0.05, 0.1) is 17.2 Å². The molecule has 0 fully saturated rings. The molecule has 2 amide bonds. The van der Waals surface area contributed by atoms with Gasteiger partial charge in [0, 0.05) is 4.47 Å². The van der Waals surface area contributed by atoms with E-state index in [9.17, 15) is 9.59 Å². The fourth-order valence-corrected chi connectivity index (χ4v) is 3.06. The summed E-state index contributed by atoms with van der Waals surface area (Å²) >= 11 is 3.42. The molecule has 1 aliphatic rings. The largest absolute Gasteiger partial charge is 0.269 e. The molecule has 0 N–H and O–H groups in total. The van der Waals surface area contributed by atoms with E-state index >= 15 is 0 Å². The van der Waals surface area contributed by atoms with Gasteiger partial charge in [-0.2, -0.15) is 0 Å². The lowest BCUT2D eigenvalue weighted by Gasteiger charge is -2.23. The number of amides is 2. The second kappa shape index (κ2) is 5.11. The van der Waals surface area contributed by atoms with Crippen molar-refractivity contribution in [3.05, 3.63) is 69.2 Å². The number of aryl methyl sites for hydroxylation is 1. The summed E-state index contributed by atoms with van der Waals surface area (Å²) in [6, 6.07) is 12.7. The zero-order valence-electron chi connectivity index (χ0n) is 11.8. The third-order valence-corrected chi connectivity index (χ3v) is 4.29. The Hall–Kier alpha value is -1.94. The maximum absolute atomic E-state index is 12.6. The first kappa shape index (κ1) is 14.0. The predicted octanol–water partition coefficient (Wildman–Crippen LogP) is 4.11. The summed E-state index contributed by atoms with van der Waals surface area (Å²) in [7, 11) is 0. The minimum atomic E-state index is -0.296. The van der Waals surface area contributed by atoms with Crippen molar-refractivity contribution in [2.45, 2.75) is 19.9 Å². The lowest BCUT2D eigenvalue weighted by atomic mass is 10.1. The molecule has 0 aliphatic carbocycles. The maximum atomic E-state index is 12.6. The van der Waals surface area contributed by atoms with Gasteiger partial charge in [-0.05, 0) is 43.7 Å². The van der Waals surface area contributed by atoms with Gasteiger partial charge in [0.1, 0.15) is 0 Å². The molecule has 0 saturated carbocycles. The Balaban J connectivity index is 2.01. The molecular formula is C17H14BrNO2. The molecule has 0 radical (unpaired) electrons. The van der Waals surface area contributed by atoms with Crippen LogP contribution in [0, 0.1) is 6.92 Å². The third-order valence-electron chi connectivity index (χ3n) is 3.79. The van der Waals surface area contributed by atoms with Gasteiger partial charge in [0.2, 0.25) is 0 Å². The molecule has 0 aromatic heterocycles. The van der Waals surface area contributed by atoms with E-state index in [0.717, 1.165) is 15.6 Å². The number of hydrogen-bond donors (Lipinski definition) is 0. The Morgan fingerprint density at radius 2 is 1.71 bits per heavy atom. The van der Waals surface area contributed by atoms with Crippen LogP contribution in [0.25, 0.3) is 0 Å². The second-order valence-electron chi connectivity index (χ2n) is 5.26. The van der Waals surface area contributed by atoms with Crippen molar-refractivity contribution in [1.29, 1.82) is 0 Å². The molecule has 3 rings (SSSR count). The molecule has 1 heterocycles. The van der Waals surface area contributed by atoms with E-state index in [-0.39, 0.29) is 17.9 Å². The van der Waals surface area contributed by atoms with Gasteiger partial charge in [-0.25, -0.2) is 0 Å². The smallest absolute Gasteiger partial charge is 0.262 e. The number of nitrogens with zero attached hydrogens (tertiary/aromatic N) is 1. The van der Waals surface area contributed by atoms with Gasteiger partial charge in [-0.1, -0.05) is 39.7 Å². The Bertz CT molecular complexity index is 754. The first-order valence-corrected chi connectivity index (χ1v) is 7.52. The van der Waals surface area contributed by atoms with E-state index in [1.807, 2.05) is 44.2 Å². The average Bonchev–Trinajstić information content (AvgIpc) is 2.70. The summed E-state index contributed by atoms with van der Waals surface area (Å²) in [5.41, 5.74) is 2.90. The fraction of sp³-hybridized carbons (Fsp3) is 0.176. The summed E-state index contributed by atoms with van der Waals surface area (Å²) in [6.07, 6.45) is 0. The van der Waals surface area contributed by atoms with E-state index in [0.29, 0.717) is 11.1 Å². The Kier molecular flexibility index (Phi) is 3.41. The quantitative estimate of drug-likeness (QED) is 0.769. The number of fused-ring (bicyclic) bond motifs is 1. The molecule has 3 nitrogen and oxygen atoms in total. The number of carbonyl (C=O) groups is 2. The highest BCUT2D eigenvalue weighted by Gasteiger charge is 2.38. The van der Waals surface area contributed by atoms with Gasteiger partial charge in [0.25, 0.3) is 11.8 Å². The van der Waals surface area contributed by atoms with Crippen LogP contribution in [0.2, 0.25) is 0 Å². The summed E-state index contributed by atoms with van der Waals surface area (Å²) in [5.74, 6) is -0.436. The van der Waals surface area contributed by atoms with Gasteiger partial charge in [-0.3, -0.25) is 14.5 Å². The number of halogens is 1. The van der Waals surface area contributed by atoms with E-state index in [2.05, 4.69) is 15.9 Å². The molecule has 21 heavy (non-hydrogen) atoms. The van der Waals surface area contributed by atoms with Crippen molar-refractivity contribution in [3.63, 3.8) is 0 Å². The monoisotopic (exact) mass is 343 g/mol. The molecular weight excluding hydrogens is 330 g/mol. The SMILES string of the molecule is Cc1ccc2c(c1)C(=O)N(C(C)c1cccc(Br)c1)C2=O. The zero-order chi connectivity index (χ0) is 15.1. The van der Waals surface area contributed by atoms with E-state index in [1.54, 1.807) is 12.1 Å². The molecule has 2 aromatic carbocycles. The summed E-state index contributed by atoms with van der Waals surface area (Å²) in [6.45, 7) is 3.79. The molecule has 1 atom stereocenters. The number of hydrogen-bond acceptors (Lipinski definition) is 2. The first-order valence-electron chi connectivity index (χ1n) is 6.73. The minimum absolute atomic E-state index is 0.217. The number of imide groups is 1. The van der Waals surface area contributed by atoms with Crippen LogP contribution >= 0.6 is 15.9 Å². The van der Waals surface area contributed by atoms with Crippen molar-refractivity contribution >= 4 is 27.7 Å². The number of carbonyl (C=O) groups excluding carboxylic acids is 2. The highest BCUT2D eigenvalue weighted by atomic mass is 79.9. The fourth-order valence-electron chi connectivity index (χ4n) is 2.64. The van der Waals surface area contributed by atoms with Crippen molar-refractivity contribution < 1.29 is 9.59 Å². The molecule has 0 bridgehead atoms. The van der Waals surface area contributed by atoms with Crippen LogP contribution in [0.4, 0.5) is 0 Å². The van der Waals surface area contributed by atoms with E-state index < -0.39 is 0 Å². The normalized spacial score (nSPS) is 15.3. The van der Waals surface area contributed by atoms with Crippen molar-refractivity contribution in [2.24, 2.45) is 0 Å². The Labute approximate surface area is 131 Å². The van der Waals surface area contributed by atoms with Gasteiger partial charge >= 0.3 is 0 Å². The van der Waals surface area contributed by atoms with Crippen LogP contribution in [-0.4, -0.2) is 16.7 Å². The lowest BCUT2D eigenvalue weighted by molar-refractivity contribution is 0.0595. The van der Waals surface area contributed by atoms with Crippen molar-refractivity contribution in [1.82, 2.24) is 4.90 Å². The highest BCUT2D eigenvalue weighted by molar-refractivity contribution is 9.10. The summed E-state index contributed by atoms with van der Waals surface area (Å²) in [5, 5.41) is 0. The van der Waals surface area contributed by atoms with Crippen molar-refractivity contribution in [2.75, 3.05) is 0 Å². The molecule has 0 spiro atoms. The van der Waals surface area contributed by atoms with E-state index in [1.165, 1.54) is 4.90 Å². The average molecular weight is 344 g/mol. The third kappa shape index (κ3) is 2.29. The van der Waals surface area contributed by atoms with Crippen molar-refractivity contribution in [3.8, 4) is 0 Å². The lowest BCUT2D eigenvalue weighted by Crippen LogP contribution is -2.32. The minimum Gasteiger partial charge on any atom is -0.269 e. The van der Waals surface area contributed by atoms with E-state index in [4.69, 9.17) is 0 Å². The number of rotatable bonds is 2. The topological polar surface area (TPSA) is 37.4 Å². The molecule has 2 aromatic rings. The van der Waals surface area contributed by atoms with Crippen LogP contribution in [0.15, 0.2) is 46.9 Å². The van der Waals surface area contributed by atoms with Crippen LogP contribution in [0.5, 0.6) is 0 Å². The molecule has 1 unspecified atom stereocenters. The van der Waals surface area contributed by atoms with Gasteiger partial charge in [-0.15, -0.1) is 0 Å². The van der Waals surface area contributed by atoms with Crippen LogP contribution in [-0.2, 0) is 0 Å². The second-order valence-corrected chi connectivity index (χ2v) is 6.18. The summed E-state index contributed by atoms with van der Waals surface area (Å²) in [4.78, 5) is 26.4. The van der Waals surface area contributed by atoms with Crippen LogP contribution in [0.3, 0.4) is 0 Å². The number of benzene rings is 2. The Morgan fingerprint density at radius 3 is 2.43 bits per heavy atom. The molecule has 1 aliphatic heterocycles. The molecule has 4 heteroatoms. The summed E-state index contributed by atoms with van der Waals surface area (Å²) < 4.78 is 0.930. The Morgan fingerprint density at radius 1 is 1.00 bits per heavy atom. The van der Waals surface area contributed by atoms with Crippen LogP contribution < -0.4 is 0 Å². The standard InChI is InChI=1S/C17H14BrNO2/c1-10-6-7-14-15(8-10)17(21)19(16(14)20)11(2)12-4-3-5-13(18)9-12/h3-9,11H,1-2H3. The molecule has 0 saturated heterocycles. The predicted molar refractivity (Wildman–Crippen MR) is 84.2 cm³/mol. The maximum Gasteiger partial charge on any atom is 0.262 e. The van der Waals surface area contributed by atoms with Gasteiger partial charge in [0.15, 0.2) is 0 Å². The highest BCUT2D eigenvalue weighted by Crippen LogP contribution is 2.32. The first-order chi connectivity index (χ1) is 9.99. The van der Waals surface area contributed by atoms with Crippen LogP contribution in [0.1, 0.15) is 44.8 Å². The zero-order valence-corrected chi connectivity index (χ0v) is 13.3. The van der Waals surface area contributed by atoms with Gasteiger partial charge < -0.3 is 0 Å².